The van der Waals surface area contributed by atoms with Crippen LogP contribution in [0.5, 0.6) is 0 Å². The summed E-state index contributed by atoms with van der Waals surface area (Å²) in [5.41, 5.74) is 1.64. The van der Waals surface area contributed by atoms with Gasteiger partial charge in [0.25, 0.3) is 0 Å². The molecule has 1 saturated carbocycles. The SMILES string of the molecule is O=C(CCSc1ccccc1Cl)Nc1cccc(-c2nnnn2C2CC2)c1. The van der Waals surface area contributed by atoms with Gasteiger partial charge in [0.2, 0.25) is 5.91 Å². The van der Waals surface area contributed by atoms with Crippen LogP contribution in [0.25, 0.3) is 11.4 Å². The molecule has 4 rings (SSSR count). The molecule has 1 N–H and O–H groups in total. The number of tetrazole rings is 1. The van der Waals surface area contributed by atoms with Crippen molar-refractivity contribution in [2.45, 2.75) is 30.2 Å². The van der Waals surface area contributed by atoms with E-state index in [1.54, 1.807) is 11.8 Å². The van der Waals surface area contributed by atoms with Crippen LogP contribution in [0.1, 0.15) is 25.3 Å². The lowest BCUT2D eigenvalue weighted by Crippen LogP contribution is -2.12. The van der Waals surface area contributed by atoms with Crippen LogP contribution in [-0.2, 0) is 4.79 Å². The van der Waals surface area contributed by atoms with Gasteiger partial charge in [0, 0.05) is 28.3 Å². The van der Waals surface area contributed by atoms with Crippen LogP contribution in [0.4, 0.5) is 5.69 Å². The van der Waals surface area contributed by atoms with Gasteiger partial charge in [-0.1, -0.05) is 35.9 Å². The Morgan fingerprint density at radius 2 is 2.07 bits per heavy atom. The molecule has 0 spiro atoms. The van der Waals surface area contributed by atoms with Crippen LogP contribution >= 0.6 is 23.4 Å². The van der Waals surface area contributed by atoms with Crippen molar-refractivity contribution in [3.63, 3.8) is 0 Å². The Morgan fingerprint density at radius 3 is 2.89 bits per heavy atom. The van der Waals surface area contributed by atoms with Gasteiger partial charge in [-0.15, -0.1) is 16.9 Å². The number of thioether (sulfide) groups is 1. The number of halogens is 1. The molecule has 138 valence electrons. The second-order valence-electron chi connectivity index (χ2n) is 6.34. The fraction of sp³-hybridized carbons (Fsp3) is 0.263. The molecule has 1 aromatic heterocycles. The molecule has 2 aromatic carbocycles. The summed E-state index contributed by atoms with van der Waals surface area (Å²) in [6.45, 7) is 0. The van der Waals surface area contributed by atoms with E-state index in [2.05, 4.69) is 20.8 Å². The maximum Gasteiger partial charge on any atom is 0.225 e. The first-order valence-electron chi connectivity index (χ1n) is 8.76. The first kappa shape index (κ1) is 18.0. The van der Waals surface area contributed by atoms with E-state index in [1.807, 2.05) is 53.2 Å². The fourth-order valence-corrected chi connectivity index (χ4v) is 3.91. The minimum atomic E-state index is -0.0338. The molecule has 1 aliphatic carbocycles. The number of amides is 1. The number of benzene rings is 2. The van der Waals surface area contributed by atoms with Crippen molar-refractivity contribution in [3.05, 3.63) is 53.6 Å². The Labute approximate surface area is 166 Å². The van der Waals surface area contributed by atoms with Gasteiger partial charge < -0.3 is 5.32 Å². The van der Waals surface area contributed by atoms with E-state index >= 15 is 0 Å². The molecule has 1 amide bonds. The number of hydrogen-bond donors (Lipinski definition) is 1. The predicted octanol–water partition coefficient (Wildman–Crippen LogP) is 4.45. The van der Waals surface area contributed by atoms with Crippen molar-refractivity contribution in [1.29, 1.82) is 0 Å². The van der Waals surface area contributed by atoms with Crippen molar-refractivity contribution >= 4 is 35.0 Å². The van der Waals surface area contributed by atoms with Crippen molar-refractivity contribution in [1.82, 2.24) is 20.2 Å². The largest absolute Gasteiger partial charge is 0.326 e. The number of carbonyl (C=O) groups is 1. The summed E-state index contributed by atoms with van der Waals surface area (Å²) in [5.74, 6) is 1.37. The number of hydrogen-bond acceptors (Lipinski definition) is 5. The van der Waals surface area contributed by atoms with Crippen LogP contribution in [0, 0.1) is 0 Å². The first-order valence-corrected chi connectivity index (χ1v) is 10.1. The van der Waals surface area contributed by atoms with Gasteiger partial charge in [-0.3, -0.25) is 4.79 Å². The van der Waals surface area contributed by atoms with Gasteiger partial charge in [-0.2, -0.15) is 0 Å². The minimum absolute atomic E-state index is 0.0338. The highest BCUT2D eigenvalue weighted by molar-refractivity contribution is 7.99. The van der Waals surface area contributed by atoms with Crippen LogP contribution in [0.3, 0.4) is 0 Å². The van der Waals surface area contributed by atoms with E-state index in [1.165, 1.54) is 0 Å². The Kier molecular flexibility index (Phi) is 5.40. The standard InChI is InChI=1S/C19H18ClN5OS/c20-16-6-1-2-7-17(16)27-11-10-18(26)21-14-5-3-4-13(12-14)19-22-23-24-25(19)15-8-9-15/h1-7,12,15H,8-11H2,(H,21,26). The number of rotatable bonds is 7. The van der Waals surface area contributed by atoms with Gasteiger partial charge >= 0.3 is 0 Å². The smallest absolute Gasteiger partial charge is 0.225 e. The van der Waals surface area contributed by atoms with E-state index in [4.69, 9.17) is 11.6 Å². The van der Waals surface area contributed by atoms with E-state index in [9.17, 15) is 4.79 Å². The van der Waals surface area contributed by atoms with Crippen molar-refractivity contribution in [2.75, 3.05) is 11.1 Å². The third-order valence-electron chi connectivity index (χ3n) is 4.21. The van der Waals surface area contributed by atoms with E-state index in [-0.39, 0.29) is 5.91 Å². The third kappa shape index (κ3) is 4.48. The van der Waals surface area contributed by atoms with Gasteiger partial charge in [-0.05, 0) is 47.5 Å². The summed E-state index contributed by atoms with van der Waals surface area (Å²) in [4.78, 5) is 13.3. The number of nitrogens with one attached hydrogen (secondary N) is 1. The second-order valence-corrected chi connectivity index (χ2v) is 7.88. The lowest BCUT2D eigenvalue weighted by Gasteiger charge is -2.08. The highest BCUT2D eigenvalue weighted by atomic mass is 35.5. The Hall–Kier alpha value is -2.38. The Morgan fingerprint density at radius 1 is 1.22 bits per heavy atom. The molecule has 27 heavy (non-hydrogen) atoms. The number of carbonyl (C=O) groups excluding carboxylic acids is 1. The zero-order valence-electron chi connectivity index (χ0n) is 14.5. The topological polar surface area (TPSA) is 72.7 Å². The Bertz CT molecular complexity index is 957. The van der Waals surface area contributed by atoms with Gasteiger partial charge in [0.05, 0.1) is 11.1 Å². The lowest BCUT2D eigenvalue weighted by atomic mass is 10.2. The minimum Gasteiger partial charge on any atom is -0.326 e. The molecular formula is C19H18ClN5OS. The first-order chi connectivity index (χ1) is 13.2. The summed E-state index contributed by atoms with van der Waals surface area (Å²) in [6, 6.07) is 15.7. The molecule has 0 aliphatic heterocycles. The maximum absolute atomic E-state index is 12.3. The molecule has 1 aliphatic rings. The summed E-state index contributed by atoms with van der Waals surface area (Å²) in [7, 11) is 0. The number of nitrogens with zero attached hydrogens (tertiary/aromatic N) is 4. The van der Waals surface area contributed by atoms with E-state index < -0.39 is 0 Å². The summed E-state index contributed by atoms with van der Waals surface area (Å²) < 4.78 is 1.86. The fourth-order valence-electron chi connectivity index (χ4n) is 2.72. The van der Waals surface area contributed by atoms with Gasteiger partial charge in [0.15, 0.2) is 5.82 Å². The highest BCUT2D eigenvalue weighted by Gasteiger charge is 2.28. The highest BCUT2D eigenvalue weighted by Crippen LogP contribution is 2.36. The zero-order chi connectivity index (χ0) is 18.6. The molecule has 0 unspecified atom stereocenters. The lowest BCUT2D eigenvalue weighted by molar-refractivity contribution is -0.115. The van der Waals surface area contributed by atoms with Crippen LogP contribution in [-0.4, -0.2) is 31.9 Å². The molecule has 3 aromatic rings. The normalized spacial score (nSPS) is 13.5. The molecule has 0 atom stereocenters. The molecule has 6 nitrogen and oxygen atoms in total. The summed E-state index contributed by atoms with van der Waals surface area (Å²) >= 11 is 7.71. The van der Waals surface area contributed by atoms with E-state index in [0.29, 0.717) is 23.2 Å². The monoisotopic (exact) mass is 399 g/mol. The van der Waals surface area contributed by atoms with Crippen molar-refractivity contribution in [2.24, 2.45) is 0 Å². The molecule has 0 bridgehead atoms. The molecule has 0 radical (unpaired) electrons. The van der Waals surface area contributed by atoms with Crippen molar-refractivity contribution in [3.8, 4) is 11.4 Å². The quantitative estimate of drug-likeness (QED) is 0.594. The molecule has 8 heteroatoms. The molecule has 1 fully saturated rings. The van der Waals surface area contributed by atoms with Crippen LogP contribution in [0.2, 0.25) is 5.02 Å². The summed E-state index contributed by atoms with van der Waals surface area (Å²) in [5, 5.41) is 15.7. The second kappa shape index (κ2) is 8.10. The Balaban J connectivity index is 1.36. The zero-order valence-corrected chi connectivity index (χ0v) is 16.1. The van der Waals surface area contributed by atoms with Gasteiger partial charge in [-0.25, -0.2) is 4.68 Å². The summed E-state index contributed by atoms with van der Waals surface area (Å²) in [6.07, 6.45) is 2.62. The molecular weight excluding hydrogens is 382 g/mol. The maximum atomic E-state index is 12.3. The molecule has 0 saturated heterocycles. The average Bonchev–Trinajstić information content (AvgIpc) is 3.40. The number of aromatic nitrogens is 4. The van der Waals surface area contributed by atoms with Gasteiger partial charge in [0.1, 0.15) is 0 Å². The van der Waals surface area contributed by atoms with Crippen LogP contribution < -0.4 is 5.32 Å². The number of anilines is 1. The van der Waals surface area contributed by atoms with Crippen LogP contribution in [0.15, 0.2) is 53.4 Å². The van der Waals surface area contributed by atoms with Crippen molar-refractivity contribution < 1.29 is 4.79 Å². The average molecular weight is 400 g/mol. The predicted molar refractivity (Wildman–Crippen MR) is 107 cm³/mol. The molecule has 1 heterocycles. The third-order valence-corrected chi connectivity index (χ3v) is 5.73. The van der Waals surface area contributed by atoms with E-state index in [0.717, 1.165) is 34.8 Å².